The van der Waals surface area contributed by atoms with E-state index in [1.807, 2.05) is 63.1 Å². The van der Waals surface area contributed by atoms with Gasteiger partial charge in [-0.2, -0.15) is 0 Å². The lowest BCUT2D eigenvalue weighted by molar-refractivity contribution is -0.115. The van der Waals surface area contributed by atoms with Gasteiger partial charge in [-0.3, -0.25) is 4.79 Å². The molecule has 24 heavy (non-hydrogen) atoms. The third kappa shape index (κ3) is 3.92. The lowest BCUT2D eigenvalue weighted by Gasteiger charge is -2.22. The van der Waals surface area contributed by atoms with Crippen molar-refractivity contribution in [3.63, 3.8) is 0 Å². The number of rotatable bonds is 6. The minimum Gasteiger partial charge on any atom is -0.353 e. The molecule has 0 spiro atoms. The smallest absolute Gasteiger partial charge is 0.181 e. The highest BCUT2D eigenvalue weighted by Crippen LogP contribution is 2.34. The van der Waals surface area contributed by atoms with Crippen molar-refractivity contribution in [1.29, 1.82) is 0 Å². The van der Waals surface area contributed by atoms with Gasteiger partial charge in [-0.15, -0.1) is 0 Å². The molecule has 1 aliphatic rings. The first kappa shape index (κ1) is 18.4. The lowest BCUT2D eigenvalue weighted by Crippen LogP contribution is -2.27. The van der Waals surface area contributed by atoms with Crippen LogP contribution in [0.15, 0.2) is 46.6 Å². The number of amidine groups is 1. The van der Waals surface area contributed by atoms with E-state index in [2.05, 4.69) is 4.99 Å². The minimum atomic E-state index is -1.14. The Kier molecular flexibility index (Phi) is 6.29. The monoisotopic (exact) mass is 330 g/mol. The summed E-state index contributed by atoms with van der Waals surface area (Å²) in [6.07, 6.45) is 1.19. The number of carbonyl (C=O) groups is 1. The molecule has 1 fully saturated rings. The number of allylic oxidation sites excluding steroid dienone is 2. The number of nitrogens with zero attached hydrogens (tertiary/aromatic N) is 2. The second-order valence-corrected chi connectivity index (χ2v) is 6.37. The number of hydrogen-bond acceptors (Lipinski definition) is 2. The summed E-state index contributed by atoms with van der Waals surface area (Å²) in [5.74, 6) is 0.379. The van der Waals surface area contributed by atoms with E-state index >= 15 is 0 Å². The molecule has 1 aromatic rings. The fourth-order valence-electron chi connectivity index (χ4n) is 3.05. The zero-order valence-corrected chi connectivity index (χ0v) is 15.1. The van der Waals surface area contributed by atoms with Gasteiger partial charge in [-0.25, -0.2) is 9.38 Å². The fourth-order valence-corrected chi connectivity index (χ4v) is 3.05. The Balaban J connectivity index is 2.35. The highest BCUT2D eigenvalue weighted by atomic mass is 19.1. The molecule has 4 heteroatoms. The number of ketones is 1. The highest BCUT2D eigenvalue weighted by molar-refractivity contribution is 6.00. The van der Waals surface area contributed by atoms with Crippen LogP contribution in [0.25, 0.3) is 0 Å². The van der Waals surface area contributed by atoms with E-state index in [1.165, 1.54) is 0 Å². The first-order valence-corrected chi connectivity index (χ1v) is 8.72. The van der Waals surface area contributed by atoms with Crippen LogP contribution in [-0.4, -0.2) is 29.7 Å². The molecule has 1 heterocycles. The van der Waals surface area contributed by atoms with Crippen LogP contribution >= 0.6 is 0 Å². The maximum atomic E-state index is 14.6. The largest absolute Gasteiger partial charge is 0.353 e. The van der Waals surface area contributed by atoms with Crippen LogP contribution in [0.2, 0.25) is 0 Å². The molecule has 0 saturated carbocycles. The number of hydrogen-bond donors (Lipinski definition) is 0. The van der Waals surface area contributed by atoms with Crippen molar-refractivity contribution in [1.82, 2.24) is 4.90 Å². The molecule has 0 bridgehead atoms. The van der Waals surface area contributed by atoms with Crippen molar-refractivity contribution in [3.05, 3.63) is 47.2 Å². The van der Waals surface area contributed by atoms with Crippen molar-refractivity contribution in [2.75, 3.05) is 7.05 Å². The summed E-state index contributed by atoms with van der Waals surface area (Å²) in [4.78, 5) is 18.8. The van der Waals surface area contributed by atoms with Gasteiger partial charge >= 0.3 is 0 Å². The molecule has 1 saturated heterocycles. The van der Waals surface area contributed by atoms with Gasteiger partial charge in [0.1, 0.15) is 11.5 Å². The second kappa shape index (κ2) is 8.22. The molecular formula is C20H27FN2O. The minimum absolute atomic E-state index is 0.00751. The van der Waals surface area contributed by atoms with Crippen molar-refractivity contribution < 1.29 is 9.18 Å². The predicted molar refractivity (Wildman–Crippen MR) is 96.8 cm³/mol. The number of benzene rings is 1. The normalized spacial score (nSPS) is 23.5. The molecule has 0 aliphatic carbocycles. The zero-order valence-electron chi connectivity index (χ0n) is 15.1. The number of likely N-dealkylation sites (tertiary alicyclic amines) is 1. The van der Waals surface area contributed by atoms with Crippen molar-refractivity contribution >= 4 is 11.6 Å². The van der Waals surface area contributed by atoms with Crippen LogP contribution in [0.1, 0.15) is 58.1 Å². The molecule has 1 aliphatic heterocycles. The maximum absolute atomic E-state index is 14.6. The number of carbonyl (C=O) groups excluding carboxylic acids is 1. The molecule has 0 aromatic heterocycles. The first-order valence-electron chi connectivity index (χ1n) is 8.72. The summed E-state index contributed by atoms with van der Waals surface area (Å²) in [6.45, 7) is 5.87. The summed E-state index contributed by atoms with van der Waals surface area (Å²) in [5, 5.41) is 0. The van der Waals surface area contributed by atoms with Gasteiger partial charge < -0.3 is 4.90 Å². The van der Waals surface area contributed by atoms with Gasteiger partial charge in [0.25, 0.3) is 0 Å². The standard InChI is InChI=1S/C20H27FN2O/c1-5-10-18(24)19(14(3)6-2)22-20-16(21)13-17(23(20)4)15-11-8-7-9-12-15/h7-9,11-12,16-17H,5-6,10,13H2,1-4H3/b19-14-,22-20?. The van der Waals surface area contributed by atoms with E-state index in [0.29, 0.717) is 24.4 Å². The lowest BCUT2D eigenvalue weighted by atomic mass is 10.0. The molecule has 2 atom stereocenters. The summed E-state index contributed by atoms with van der Waals surface area (Å²) in [6, 6.07) is 9.85. The first-order chi connectivity index (χ1) is 11.5. The fraction of sp³-hybridized carbons (Fsp3) is 0.500. The molecular weight excluding hydrogens is 303 g/mol. The Morgan fingerprint density at radius 2 is 1.96 bits per heavy atom. The average Bonchev–Trinajstić information content (AvgIpc) is 2.87. The third-order valence-corrected chi connectivity index (χ3v) is 4.63. The Morgan fingerprint density at radius 3 is 2.54 bits per heavy atom. The van der Waals surface area contributed by atoms with Crippen molar-refractivity contribution in [2.45, 2.75) is 58.7 Å². The number of halogens is 1. The van der Waals surface area contributed by atoms with Gasteiger partial charge in [-0.1, -0.05) is 44.2 Å². The van der Waals surface area contributed by atoms with E-state index in [-0.39, 0.29) is 11.8 Å². The quantitative estimate of drug-likeness (QED) is 0.698. The van der Waals surface area contributed by atoms with Crippen molar-refractivity contribution in [3.8, 4) is 0 Å². The van der Waals surface area contributed by atoms with E-state index in [0.717, 1.165) is 24.0 Å². The van der Waals surface area contributed by atoms with E-state index in [1.54, 1.807) is 0 Å². The molecule has 0 N–H and O–H groups in total. The van der Waals surface area contributed by atoms with Gasteiger partial charge in [0.15, 0.2) is 12.0 Å². The van der Waals surface area contributed by atoms with Gasteiger partial charge in [0.2, 0.25) is 0 Å². The van der Waals surface area contributed by atoms with Crippen LogP contribution < -0.4 is 0 Å². The molecule has 1 aromatic carbocycles. The molecule has 2 rings (SSSR count). The van der Waals surface area contributed by atoms with Gasteiger partial charge in [-0.05, 0) is 30.9 Å². The van der Waals surface area contributed by atoms with Crippen LogP contribution in [-0.2, 0) is 4.79 Å². The van der Waals surface area contributed by atoms with E-state index < -0.39 is 6.17 Å². The van der Waals surface area contributed by atoms with Crippen molar-refractivity contribution in [2.24, 2.45) is 4.99 Å². The Bertz CT molecular complexity index is 636. The summed E-state index contributed by atoms with van der Waals surface area (Å²) in [7, 11) is 1.86. The van der Waals surface area contributed by atoms with Gasteiger partial charge in [0.05, 0.1) is 6.04 Å². The number of aliphatic imine (C=N–C) groups is 1. The SMILES string of the molecule is CCCC(=O)/C(N=C1C(F)CC(c2ccccc2)N1C)=C(\C)CC. The van der Waals surface area contributed by atoms with Crippen LogP contribution in [0.5, 0.6) is 0 Å². The second-order valence-electron chi connectivity index (χ2n) is 6.37. The summed E-state index contributed by atoms with van der Waals surface area (Å²) in [5.41, 5.74) is 2.44. The summed E-state index contributed by atoms with van der Waals surface area (Å²) < 4.78 is 14.6. The van der Waals surface area contributed by atoms with Gasteiger partial charge in [0, 0.05) is 19.9 Å². The third-order valence-electron chi connectivity index (χ3n) is 4.63. The highest BCUT2D eigenvalue weighted by Gasteiger charge is 2.36. The maximum Gasteiger partial charge on any atom is 0.181 e. The molecule has 2 unspecified atom stereocenters. The average molecular weight is 330 g/mol. The number of alkyl halides is 1. The molecule has 3 nitrogen and oxygen atoms in total. The topological polar surface area (TPSA) is 32.7 Å². The molecule has 0 radical (unpaired) electrons. The van der Waals surface area contributed by atoms with Crippen LogP contribution in [0.3, 0.4) is 0 Å². The van der Waals surface area contributed by atoms with E-state index in [4.69, 9.17) is 0 Å². The van der Waals surface area contributed by atoms with E-state index in [9.17, 15) is 9.18 Å². The predicted octanol–water partition coefficient (Wildman–Crippen LogP) is 4.85. The Morgan fingerprint density at radius 1 is 1.29 bits per heavy atom. The molecule has 0 amide bonds. The van der Waals surface area contributed by atoms with Crippen LogP contribution in [0.4, 0.5) is 4.39 Å². The van der Waals surface area contributed by atoms with Crippen LogP contribution in [0, 0.1) is 0 Å². The molecule has 130 valence electrons. The number of Topliss-reactive ketones (excluding diaryl/α,β-unsaturated/α-hetero) is 1. The summed E-state index contributed by atoms with van der Waals surface area (Å²) >= 11 is 0. The zero-order chi connectivity index (χ0) is 17.7. The Labute approximate surface area is 144 Å². The Hall–Kier alpha value is -1.97.